The minimum atomic E-state index is 0.119. The molecule has 0 N–H and O–H groups in total. The van der Waals surface area contributed by atoms with Gasteiger partial charge in [0.2, 0.25) is 0 Å². The summed E-state index contributed by atoms with van der Waals surface area (Å²) in [7, 11) is 1.72. The number of hydrogen-bond acceptors (Lipinski definition) is 3. The van der Waals surface area contributed by atoms with Crippen LogP contribution in [-0.4, -0.2) is 18.7 Å². The van der Waals surface area contributed by atoms with E-state index in [1.165, 1.54) is 24.0 Å². The van der Waals surface area contributed by atoms with E-state index in [4.69, 9.17) is 4.74 Å². The fourth-order valence-electron chi connectivity index (χ4n) is 8.36. The molecule has 33 heavy (non-hydrogen) atoms. The summed E-state index contributed by atoms with van der Waals surface area (Å²) in [6, 6.07) is 8.41. The van der Waals surface area contributed by atoms with Gasteiger partial charge in [-0.1, -0.05) is 31.2 Å². The lowest BCUT2D eigenvalue weighted by Crippen LogP contribution is -2.50. The van der Waals surface area contributed by atoms with Crippen molar-refractivity contribution >= 4 is 11.6 Å². The Kier molecular flexibility index (Phi) is 5.87. The summed E-state index contributed by atoms with van der Waals surface area (Å²) in [5, 5.41) is 0. The van der Waals surface area contributed by atoms with Crippen molar-refractivity contribution in [1.29, 1.82) is 0 Å². The Morgan fingerprint density at radius 2 is 2.00 bits per heavy atom. The van der Waals surface area contributed by atoms with Gasteiger partial charge in [0.25, 0.3) is 0 Å². The standard InChI is InChI=1S/C30H38O3/c1-20(31)26-11-12-28-25-10-9-22-19-23(32)13-16-29(22,2)27(25)14-17-30(26,28)15-5-7-21-6-4-8-24(18-21)33-3/h4,6,8-10,18-19,25-28H,5,7,11-17H2,1-3H3/t25-,26-,27-,28+,29-,30-/m1/s1. The van der Waals surface area contributed by atoms with E-state index in [-0.39, 0.29) is 22.5 Å². The van der Waals surface area contributed by atoms with Gasteiger partial charge in [-0.3, -0.25) is 9.59 Å². The van der Waals surface area contributed by atoms with Crippen LogP contribution in [0.15, 0.2) is 48.1 Å². The SMILES string of the molecule is COc1cccc(CCC[C@]23CC[C@@H]4[C@@H](C=CC5=CC(=O)CC[C@]54C)[C@@H]2CC[C@@H]3C(C)=O)c1. The first-order valence-electron chi connectivity index (χ1n) is 12.9. The average Bonchev–Trinajstić information content (AvgIpc) is 3.19. The lowest BCUT2D eigenvalue weighted by Gasteiger charge is -2.57. The second-order valence-corrected chi connectivity index (χ2v) is 11.4. The minimum Gasteiger partial charge on any atom is -0.497 e. The van der Waals surface area contributed by atoms with Crippen molar-refractivity contribution in [3.8, 4) is 5.75 Å². The Labute approximate surface area is 198 Å². The highest BCUT2D eigenvalue weighted by Crippen LogP contribution is 2.66. The Morgan fingerprint density at radius 1 is 1.15 bits per heavy atom. The zero-order valence-electron chi connectivity index (χ0n) is 20.4. The molecule has 0 heterocycles. The molecule has 1 aromatic rings. The van der Waals surface area contributed by atoms with Crippen molar-refractivity contribution in [2.75, 3.05) is 7.11 Å². The van der Waals surface area contributed by atoms with Crippen molar-refractivity contribution in [3.63, 3.8) is 0 Å². The van der Waals surface area contributed by atoms with Gasteiger partial charge in [-0.15, -0.1) is 0 Å². The van der Waals surface area contributed by atoms with Crippen LogP contribution >= 0.6 is 0 Å². The highest BCUT2D eigenvalue weighted by Gasteiger charge is 2.60. The predicted molar refractivity (Wildman–Crippen MR) is 131 cm³/mol. The summed E-state index contributed by atoms with van der Waals surface area (Å²) in [6.45, 7) is 4.23. The number of Topliss-reactive ketones (excluding diaryl/α,β-unsaturated/α-hetero) is 1. The van der Waals surface area contributed by atoms with E-state index in [0.717, 1.165) is 44.3 Å². The highest BCUT2D eigenvalue weighted by atomic mass is 16.5. The fraction of sp³-hybridized carbons (Fsp3) is 0.600. The minimum absolute atomic E-state index is 0.119. The number of benzene rings is 1. The van der Waals surface area contributed by atoms with Gasteiger partial charge >= 0.3 is 0 Å². The quantitative estimate of drug-likeness (QED) is 0.500. The molecule has 0 amide bonds. The van der Waals surface area contributed by atoms with Gasteiger partial charge in [-0.25, -0.2) is 0 Å². The first-order valence-corrected chi connectivity index (χ1v) is 12.9. The average molecular weight is 447 g/mol. The van der Waals surface area contributed by atoms with E-state index in [0.29, 0.717) is 30.0 Å². The van der Waals surface area contributed by atoms with E-state index in [1.54, 1.807) is 7.11 Å². The Balaban J connectivity index is 1.40. The lowest BCUT2D eigenvalue weighted by molar-refractivity contribution is -0.128. The maximum absolute atomic E-state index is 12.8. The molecule has 0 bridgehead atoms. The van der Waals surface area contributed by atoms with Crippen molar-refractivity contribution in [1.82, 2.24) is 0 Å². The highest BCUT2D eigenvalue weighted by molar-refractivity contribution is 5.92. The summed E-state index contributed by atoms with van der Waals surface area (Å²) < 4.78 is 5.41. The molecule has 0 aliphatic heterocycles. The number of ketones is 2. The van der Waals surface area contributed by atoms with E-state index in [9.17, 15) is 9.59 Å². The zero-order chi connectivity index (χ0) is 23.2. The molecule has 0 saturated heterocycles. The van der Waals surface area contributed by atoms with E-state index in [1.807, 2.05) is 19.1 Å². The van der Waals surface area contributed by atoms with Crippen molar-refractivity contribution in [3.05, 3.63) is 53.6 Å². The van der Waals surface area contributed by atoms with Crippen molar-refractivity contribution in [2.45, 2.75) is 71.6 Å². The Hall–Kier alpha value is -2.16. The maximum Gasteiger partial charge on any atom is 0.156 e. The molecular formula is C30H38O3. The molecule has 4 aliphatic carbocycles. The second-order valence-electron chi connectivity index (χ2n) is 11.4. The van der Waals surface area contributed by atoms with Crippen LogP contribution in [0.5, 0.6) is 5.75 Å². The zero-order valence-corrected chi connectivity index (χ0v) is 20.4. The second kappa shape index (κ2) is 8.56. The molecule has 3 nitrogen and oxygen atoms in total. The number of allylic oxidation sites excluding steroid dienone is 4. The number of aryl methyl sites for hydroxylation is 1. The van der Waals surface area contributed by atoms with Gasteiger partial charge in [0.1, 0.15) is 11.5 Å². The number of ether oxygens (including phenoxy) is 1. The Morgan fingerprint density at radius 3 is 2.79 bits per heavy atom. The van der Waals surface area contributed by atoms with Crippen molar-refractivity contribution in [2.24, 2.45) is 34.5 Å². The molecule has 0 aromatic heterocycles. The van der Waals surface area contributed by atoms with E-state index >= 15 is 0 Å². The molecule has 0 unspecified atom stereocenters. The van der Waals surface area contributed by atoms with Gasteiger partial charge in [0.05, 0.1) is 7.11 Å². The van der Waals surface area contributed by atoms with Crippen LogP contribution in [0, 0.1) is 34.5 Å². The Bertz CT molecular complexity index is 1000. The molecule has 5 rings (SSSR count). The number of carbonyl (C=O) groups excluding carboxylic acids is 2. The third-order valence-electron chi connectivity index (χ3n) is 9.96. The summed E-state index contributed by atoms with van der Waals surface area (Å²) in [5.74, 6) is 3.53. The largest absolute Gasteiger partial charge is 0.497 e. The van der Waals surface area contributed by atoms with Crippen LogP contribution in [0.3, 0.4) is 0 Å². The van der Waals surface area contributed by atoms with Crippen LogP contribution in [0.2, 0.25) is 0 Å². The third-order valence-corrected chi connectivity index (χ3v) is 9.96. The molecule has 2 fully saturated rings. The third kappa shape index (κ3) is 3.72. The number of methoxy groups -OCH3 is 1. The number of hydrogen-bond donors (Lipinski definition) is 0. The molecule has 0 radical (unpaired) electrons. The molecule has 176 valence electrons. The molecule has 2 saturated carbocycles. The molecule has 6 atom stereocenters. The number of carbonyl (C=O) groups is 2. The van der Waals surface area contributed by atoms with Gasteiger partial charge in [-0.05, 0) is 116 Å². The first kappa shape index (κ1) is 22.6. The van der Waals surface area contributed by atoms with Gasteiger partial charge in [0, 0.05) is 12.3 Å². The van der Waals surface area contributed by atoms with Crippen LogP contribution in [0.4, 0.5) is 0 Å². The summed E-state index contributed by atoms with van der Waals surface area (Å²) in [5.41, 5.74) is 2.83. The first-order chi connectivity index (χ1) is 15.9. The molecule has 3 heteroatoms. The molecule has 4 aliphatic rings. The lowest BCUT2D eigenvalue weighted by atomic mass is 9.47. The van der Waals surface area contributed by atoms with Gasteiger partial charge in [0.15, 0.2) is 5.78 Å². The number of fused-ring (bicyclic) bond motifs is 5. The summed E-state index contributed by atoms with van der Waals surface area (Å²) in [4.78, 5) is 24.9. The van der Waals surface area contributed by atoms with Crippen molar-refractivity contribution < 1.29 is 14.3 Å². The fourth-order valence-corrected chi connectivity index (χ4v) is 8.36. The normalized spacial score (nSPS) is 37.1. The summed E-state index contributed by atoms with van der Waals surface area (Å²) in [6.07, 6.45) is 16.1. The predicted octanol–water partition coefficient (Wildman–Crippen LogP) is 6.51. The maximum atomic E-state index is 12.8. The summed E-state index contributed by atoms with van der Waals surface area (Å²) >= 11 is 0. The van der Waals surface area contributed by atoms with E-state index in [2.05, 4.69) is 37.3 Å². The topological polar surface area (TPSA) is 43.4 Å². The smallest absolute Gasteiger partial charge is 0.156 e. The van der Waals surface area contributed by atoms with Crippen LogP contribution in [0.25, 0.3) is 0 Å². The molecule has 1 aromatic carbocycles. The van der Waals surface area contributed by atoms with Crippen LogP contribution < -0.4 is 4.74 Å². The van der Waals surface area contributed by atoms with Gasteiger partial charge in [-0.2, -0.15) is 0 Å². The number of rotatable bonds is 6. The van der Waals surface area contributed by atoms with Crippen LogP contribution in [-0.2, 0) is 16.0 Å². The molecular weight excluding hydrogens is 408 g/mol. The van der Waals surface area contributed by atoms with E-state index < -0.39 is 0 Å². The monoisotopic (exact) mass is 446 g/mol. The van der Waals surface area contributed by atoms with Crippen LogP contribution in [0.1, 0.15) is 70.8 Å². The van der Waals surface area contributed by atoms with Gasteiger partial charge < -0.3 is 4.74 Å². The molecule has 0 spiro atoms.